The molecule has 0 saturated carbocycles. The first-order valence-corrected chi connectivity index (χ1v) is 7.45. The van der Waals surface area contributed by atoms with Gasteiger partial charge in [0.05, 0.1) is 9.89 Å². The van der Waals surface area contributed by atoms with Gasteiger partial charge in [-0.25, -0.2) is 0 Å². The molecule has 0 aliphatic heterocycles. The van der Waals surface area contributed by atoms with Crippen molar-refractivity contribution in [2.75, 3.05) is 0 Å². The van der Waals surface area contributed by atoms with Gasteiger partial charge in [-0.1, -0.05) is 25.1 Å². The number of benzene rings is 1. The quantitative estimate of drug-likeness (QED) is 0.874. The second kappa shape index (κ2) is 6.36. The Morgan fingerprint density at radius 2 is 2.06 bits per heavy atom. The number of para-hydroxylation sites is 1. The highest BCUT2D eigenvalue weighted by Gasteiger charge is 2.11. The third kappa shape index (κ3) is 3.34. The number of aliphatic hydroxyl groups excluding tert-OH is 1. The van der Waals surface area contributed by atoms with Crippen LogP contribution in [-0.4, -0.2) is 5.11 Å². The minimum absolute atomic E-state index is 0.462. The van der Waals surface area contributed by atoms with Crippen LogP contribution in [0, 0.1) is 0 Å². The van der Waals surface area contributed by atoms with Crippen molar-refractivity contribution >= 4 is 27.3 Å². The molecule has 2 rings (SSSR count). The normalized spacial score (nSPS) is 12.4. The van der Waals surface area contributed by atoms with Gasteiger partial charge >= 0.3 is 0 Å². The maximum Gasteiger partial charge on any atom is 0.125 e. The zero-order valence-electron chi connectivity index (χ0n) is 10.1. The fraction of sp³-hybridized carbons (Fsp3) is 0.286. The van der Waals surface area contributed by atoms with Crippen LogP contribution in [0.5, 0.6) is 5.75 Å². The average Bonchev–Trinajstić information content (AvgIpc) is 2.81. The lowest BCUT2D eigenvalue weighted by atomic mass is 10.1. The molecule has 1 heterocycles. The maximum absolute atomic E-state index is 9.93. The summed E-state index contributed by atoms with van der Waals surface area (Å²) in [4.78, 5) is 1.16. The Labute approximate surface area is 119 Å². The summed E-state index contributed by atoms with van der Waals surface area (Å²) in [6, 6.07) is 11.7. The van der Waals surface area contributed by atoms with Crippen molar-refractivity contribution in [1.82, 2.24) is 0 Å². The van der Waals surface area contributed by atoms with Crippen molar-refractivity contribution in [1.29, 1.82) is 0 Å². The molecule has 1 aromatic carbocycles. The van der Waals surface area contributed by atoms with E-state index in [0.29, 0.717) is 13.0 Å². The SMILES string of the molecule is CC[C@H](O)c1ccccc1OCc1ccc(Br)s1. The Hall–Kier alpha value is -0.840. The van der Waals surface area contributed by atoms with Gasteiger partial charge in [0.2, 0.25) is 0 Å². The number of rotatable bonds is 5. The summed E-state index contributed by atoms with van der Waals surface area (Å²) >= 11 is 5.09. The molecule has 18 heavy (non-hydrogen) atoms. The highest BCUT2D eigenvalue weighted by Crippen LogP contribution is 2.29. The number of thiophene rings is 1. The van der Waals surface area contributed by atoms with Crippen LogP contribution in [0.2, 0.25) is 0 Å². The van der Waals surface area contributed by atoms with Crippen LogP contribution in [0.3, 0.4) is 0 Å². The monoisotopic (exact) mass is 326 g/mol. The van der Waals surface area contributed by atoms with Gasteiger partial charge in [-0.3, -0.25) is 0 Å². The van der Waals surface area contributed by atoms with Crippen molar-refractivity contribution in [3.05, 3.63) is 50.6 Å². The number of ether oxygens (including phenoxy) is 1. The fourth-order valence-corrected chi connectivity index (χ4v) is 3.08. The average molecular weight is 327 g/mol. The molecule has 96 valence electrons. The van der Waals surface area contributed by atoms with E-state index in [9.17, 15) is 5.11 Å². The van der Waals surface area contributed by atoms with E-state index in [0.717, 1.165) is 20.0 Å². The van der Waals surface area contributed by atoms with Gasteiger partial charge in [0.15, 0.2) is 0 Å². The van der Waals surface area contributed by atoms with E-state index in [4.69, 9.17) is 4.74 Å². The van der Waals surface area contributed by atoms with Crippen molar-refractivity contribution in [2.24, 2.45) is 0 Å². The van der Waals surface area contributed by atoms with Gasteiger partial charge in [-0.2, -0.15) is 0 Å². The summed E-state index contributed by atoms with van der Waals surface area (Å²) in [5.41, 5.74) is 0.857. The highest BCUT2D eigenvalue weighted by molar-refractivity contribution is 9.11. The Morgan fingerprint density at radius 1 is 1.28 bits per heavy atom. The van der Waals surface area contributed by atoms with Crippen LogP contribution < -0.4 is 4.74 Å². The first kappa shape index (κ1) is 13.6. The smallest absolute Gasteiger partial charge is 0.125 e. The summed E-state index contributed by atoms with van der Waals surface area (Å²) in [6.07, 6.45) is 0.224. The number of hydrogen-bond acceptors (Lipinski definition) is 3. The van der Waals surface area contributed by atoms with E-state index in [2.05, 4.69) is 15.9 Å². The van der Waals surface area contributed by atoms with Crippen molar-refractivity contribution in [3.8, 4) is 5.75 Å². The largest absolute Gasteiger partial charge is 0.488 e. The molecule has 0 spiro atoms. The summed E-state index contributed by atoms with van der Waals surface area (Å²) in [7, 11) is 0. The molecule has 0 aliphatic carbocycles. The van der Waals surface area contributed by atoms with Gasteiger partial charge < -0.3 is 9.84 Å². The minimum Gasteiger partial charge on any atom is -0.488 e. The van der Waals surface area contributed by atoms with Gasteiger partial charge in [0.25, 0.3) is 0 Å². The third-order valence-corrected chi connectivity index (χ3v) is 4.26. The van der Waals surface area contributed by atoms with Crippen molar-refractivity contribution in [3.63, 3.8) is 0 Å². The predicted octanol–water partition coefficient (Wildman–Crippen LogP) is 4.53. The predicted molar refractivity (Wildman–Crippen MR) is 78.0 cm³/mol. The van der Waals surface area contributed by atoms with Gasteiger partial charge in [-0.15, -0.1) is 11.3 Å². The molecular formula is C14H15BrO2S. The maximum atomic E-state index is 9.93. The van der Waals surface area contributed by atoms with Gasteiger partial charge in [0.1, 0.15) is 12.4 Å². The molecule has 0 bridgehead atoms. The zero-order chi connectivity index (χ0) is 13.0. The Kier molecular flexibility index (Phi) is 4.80. The third-order valence-electron chi connectivity index (χ3n) is 2.66. The van der Waals surface area contributed by atoms with E-state index in [-0.39, 0.29) is 0 Å². The lowest BCUT2D eigenvalue weighted by molar-refractivity contribution is 0.166. The molecule has 2 aromatic rings. The fourth-order valence-electron chi connectivity index (χ4n) is 1.69. The molecule has 0 fully saturated rings. The van der Waals surface area contributed by atoms with E-state index in [1.54, 1.807) is 11.3 Å². The molecule has 2 nitrogen and oxygen atoms in total. The topological polar surface area (TPSA) is 29.5 Å². The number of hydrogen-bond donors (Lipinski definition) is 1. The van der Waals surface area contributed by atoms with Gasteiger partial charge in [0, 0.05) is 10.4 Å². The van der Waals surface area contributed by atoms with Gasteiger partial charge in [-0.05, 0) is 40.5 Å². The second-order valence-corrected chi connectivity index (χ2v) is 6.50. The first-order valence-electron chi connectivity index (χ1n) is 5.84. The number of halogens is 1. The summed E-state index contributed by atoms with van der Waals surface area (Å²) < 4.78 is 6.89. The molecule has 0 saturated heterocycles. The summed E-state index contributed by atoms with van der Waals surface area (Å²) in [5, 5.41) is 9.93. The molecular weight excluding hydrogens is 312 g/mol. The van der Waals surface area contributed by atoms with E-state index in [1.165, 1.54) is 0 Å². The Balaban J connectivity index is 2.09. The van der Waals surface area contributed by atoms with Crippen molar-refractivity contribution in [2.45, 2.75) is 26.1 Å². The van der Waals surface area contributed by atoms with Crippen LogP contribution in [0.1, 0.15) is 29.9 Å². The van der Waals surface area contributed by atoms with Crippen LogP contribution in [-0.2, 0) is 6.61 Å². The lowest BCUT2D eigenvalue weighted by Crippen LogP contribution is -2.01. The Bertz CT molecular complexity index is 510. The molecule has 1 N–H and O–H groups in total. The molecule has 4 heteroatoms. The van der Waals surface area contributed by atoms with Crippen molar-refractivity contribution < 1.29 is 9.84 Å². The zero-order valence-corrected chi connectivity index (χ0v) is 12.5. The van der Waals surface area contributed by atoms with Crippen LogP contribution in [0.25, 0.3) is 0 Å². The lowest BCUT2D eigenvalue weighted by Gasteiger charge is -2.14. The van der Waals surface area contributed by atoms with E-state index >= 15 is 0 Å². The van der Waals surface area contributed by atoms with Crippen LogP contribution in [0.15, 0.2) is 40.2 Å². The molecule has 0 aliphatic rings. The molecule has 1 atom stereocenters. The van der Waals surface area contributed by atoms with Crippen LogP contribution in [0.4, 0.5) is 0 Å². The van der Waals surface area contributed by atoms with Crippen LogP contribution >= 0.6 is 27.3 Å². The second-order valence-electron chi connectivity index (χ2n) is 3.96. The van der Waals surface area contributed by atoms with E-state index in [1.807, 2.05) is 43.3 Å². The first-order chi connectivity index (χ1) is 8.70. The highest BCUT2D eigenvalue weighted by atomic mass is 79.9. The molecule has 1 aromatic heterocycles. The Morgan fingerprint density at radius 3 is 2.72 bits per heavy atom. The minimum atomic E-state index is -0.462. The standard InChI is InChI=1S/C14H15BrO2S/c1-2-12(16)11-5-3-4-6-13(11)17-9-10-7-8-14(15)18-10/h3-8,12,16H,2,9H2,1H3/t12-/m0/s1. The summed E-state index contributed by atoms with van der Waals surface area (Å²) in [5.74, 6) is 0.761. The number of aliphatic hydroxyl groups is 1. The molecule has 0 radical (unpaired) electrons. The van der Waals surface area contributed by atoms with E-state index < -0.39 is 6.10 Å². The molecule has 0 unspecified atom stereocenters. The molecule has 0 amide bonds. The summed E-state index contributed by atoms with van der Waals surface area (Å²) in [6.45, 7) is 2.49.